The molecule has 11 aromatic rings. The van der Waals surface area contributed by atoms with E-state index in [4.69, 9.17) is 0 Å². The lowest BCUT2D eigenvalue weighted by Gasteiger charge is -2.14. The van der Waals surface area contributed by atoms with Crippen molar-refractivity contribution in [3.63, 3.8) is 0 Å². The number of benzene rings is 11. The molecule has 11 rings (SSSR count). The quantitative estimate of drug-likeness (QED) is 0.0753. The molecule has 0 aliphatic rings. The van der Waals surface area contributed by atoms with Crippen molar-refractivity contribution in [2.45, 2.75) is 12.8 Å². The van der Waals surface area contributed by atoms with E-state index >= 15 is 0 Å². The third-order valence-corrected chi connectivity index (χ3v) is 13.7. The maximum Gasteiger partial charge on any atom is -0.00258 e. The van der Waals surface area contributed by atoms with Gasteiger partial charge in [0.15, 0.2) is 0 Å². The molecule has 0 saturated heterocycles. The first-order valence-electron chi connectivity index (χ1n) is 25.0. The lowest BCUT2D eigenvalue weighted by Crippen LogP contribution is -1.92. The monoisotopic (exact) mass is 918 g/mol. The molecule has 0 aliphatic heterocycles. The summed E-state index contributed by atoms with van der Waals surface area (Å²) in [7, 11) is 0. The van der Waals surface area contributed by atoms with E-state index in [0.29, 0.717) is 0 Å². The molecule has 0 N–H and O–H groups in total. The van der Waals surface area contributed by atoms with Crippen molar-refractivity contribution in [1.29, 1.82) is 0 Å². The molecule has 0 amide bonds. The average Bonchev–Trinajstić information content (AvgIpc) is 3.45. The van der Waals surface area contributed by atoms with Gasteiger partial charge in [0.1, 0.15) is 0 Å². The molecule has 0 aromatic heterocycles. The van der Waals surface area contributed by atoms with Crippen LogP contribution in [0.2, 0.25) is 0 Å². The number of hydrogen-bond donors (Lipinski definition) is 0. The van der Waals surface area contributed by atoms with Crippen molar-refractivity contribution in [3.8, 4) is 0 Å². The van der Waals surface area contributed by atoms with Gasteiger partial charge < -0.3 is 0 Å². The highest BCUT2D eigenvalue weighted by Gasteiger charge is 2.13. The Morgan fingerprint density at radius 1 is 0.222 bits per heavy atom. The average molecular weight is 919 g/mol. The van der Waals surface area contributed by atoms with Crippen LogP contribution in [-0.4, -0.2) is 0 Å². The first-order valence-corrected chi connectivity index (χ1v) is 25.0. The summed E-state index contributed by atoms with van der Waals surface area (Å²) in [6.07, 6.45) is 15.8. The van der Waals surface area contributed by atoms with Crippen LogP contribution in [0.1, 0.15) is 77.9 Å². The van der Waals surface area contributed by atoms with Gasteiger partial charge >= 0.3 is 0 Å². The Bertz CT molecular complexity index is 3420. The molecule has 72 heavy (non-hydrogen) atoms. The van der Waals surface area contributed by atoms with Crippen LogP contribution in [0.15, 0.2) is 267 Å². The van der Waals surface area contributed by atoms with Crippen LogP contribution in [0, 0.1) is 0 Å². The Morgan fingerprint density at radius 2 is 0.486 bits per heavy atom. The largest absolute Gasteiger partial charge is 0.0622 e. The Kier molecular flexibility index (Phi) is 13.7. The molecule has 0 radical (unpaired) electrons. The summed E-state index contributed by atoms with van der Waals surface area (Å²) < 4.78 is 0. The van der Waals surface area contributed by atoms with Gasteiger partial charge in [-0.3, -0.25) is 0 Å². The number of rotatable bonds is 14. The Hall–Kier alpha value is -9.10. The maximum absolute atomic E-state index is 2.35. The second kappa shape index (κ2) is 21.7. The normalized spacial score (nSPS) is 12.1. The van der Waals surface area contributed by atoms with Gasteiger partial charge in [0, 0.05) is 0 Å². The first-order chi connectivity index (χ1) is 35.7. The van der Waals surface area contributed by atoms with Gasteiger partial charge in [-0.05, 0) is 136 Å². The second-order valence-electron chi connectivity index (χ2n) is 18.4. The molecule has 0 saturated carbocycles. The third-order valence-electron chi connectivity index (χ3n) is 13.7. The minimum absolute atomic E-state index is 0.910. The smallest absolute Gasteiger partial charge is 0.00258 e. The highest BCUT2D eigenvalue weighted by atomic mass is 14.2. The fourth-order valence-corrected chi connectivity index (χ4v) is 9.97. The zero-order chi connectivity index (χ0) is 48.3. The number of hydrogen-bond acceptors (Lipinski definition) is 0. The molecule has 0 spiro atoms. The highest BCUT2D eigenvalue weighted by Crippen LogP contribution is 2.37. The zero-order valence-corrected chi connectivity index (χ0v) is 40.3. The van der Waals surface area contributed by atoms with E-state index in [0.717, 1.165) is 35.1 Å². The SMILES string of the molecule is C(=Cc1c2ccccc2c(C=Cc2ccccc2C=C(c2ccccc2)c2ccc(Cc3ccccc3)cc2)c2ccccc12)c1ccccc1C=C(c1ccccc1)c1ccc(Cc2ccccc2)cc1. The highest BCUT2D eigenvalue weighted by molar-refractivity contribution is 6.14. The lowest BCUT2D eigenvalue weighted by atomic mass is 9.90. The topological polar surface area (TPSA) is 0 Å². The molecule has 11 aromatic carbocycles. The Balaban J connectivity index is 0.942. The van der Waals surface area contributed by atoms with E-state index in [2.05, 4.69) is 303 Å². The molecule has 0 bridgehead atoms. The summed E-state index contributed by atoms with van der Waals surface area (Å²) in [6.45, 7) is 0. The molecule has 0 heterocycles. The van der Waals surface area contributed by atoms with E-state index < -0.39 is 0 Å². The van der Waals surface area contributed by atoms with Gasteiger partial charge in [0.2, 0.25) is 0 Å². The third kappa shape index (κ3) is 10.4. The Morgan fingerprint density at radius 3 is 0.833 bits per heavy atom. The van der Waals surface area contributed by atoms with Crippen molar-refractivity contribution in [1.82, 2.24) is 0 Å². The summed E-state index contributed by atoms with van der Waals surface area (Å²) >= 11 is 0. The van der Waals surface area contributed by atoms with E-state index in [-0.39, 0.29) is 0 Å². The van der Waals surface area contributed by atoms with Gasteiger partial charge in [-0.2, -0.15) is 0 Å². The number of fused-ring (bicyclic) bond motifs is 2. The van der Waals surface area contributed by atoms with E-state index in [9.17, 15) is 0 Å². The minimum Gasteiger partial charge on any atom is -0.0622 e. The molecule has 0 nitrogen and oxygen atoms in total. The zero-order valence-electron chi connectivity index (χ0n) is 40.3. The van der Waals surface area contributed by atoms with Crippen molar-refractivity contribution in [2.24, 2.45) is 0 Å². The minimum atomic E-state index is 0.910. The fourth-order valence-electron chi connectivity index (χ4n) is 9.97. The van der Waals surface area contributed by atoms with Crippen molar-refractivity contribution >= 4 is 69.1 Å². The summed E-state index contributed by atoms with van der Waals surface area (Å²) in [6, 6.07) is 96.3. The van der Waals surface area contributed by atoms with E-state index in [1.165, 1.54) is 88.3 Å². The molecule has 0 unspecified atom stereocenters. The van der Waals surface area contributed by atoms with Crippen molar-refractivity contribution in [2.75, 3.05) is 0 Å². The molecular formula is C72H54. The van der Waals surface area contributed by atoms with Gasteiger partial charge in [-0.15, -0.1) is 0 Å². The van der Waals surface area contributed by atoms with Gasteiger partial charge in [-0.1, -0.05) is 291 Å². The summed E-state index contributed by atoms with van der Waals surface area (Å²) in [5.41, 5.74) is 19.4. The molecule has 0 aliphatic carbocycles. The van der Waals surface area contributed by atoms with Crippen molar-refractivity contribution in [3.05, 3.63) is 345 Å². The van der Waals surface area contributed by atoms with Crippen LogP contribution in [0.4, 0.5) is 0 Å². The van der Waals surface area contributed by atoms with E-state index in [1.807, 2.05) is 0 Å². The predicted octanol–water partition coefficient (Wildman–Crippen LogP) is 18.7. The van der Waals surface area contributed by atoms with Crippen LogP contribution >= 0.6 is 0 Å². The molecular weight excluding hydrogens is 865 g/mol. The van der Waals surface area contributed by atoms with Crippen molar-refractivity contribution < 1.29 is 0 Å². The molecule has 0 atom stereocenters. The summed E-state index contributed by atoms with van der Waals surface area (Å²) in [4.78, 5) is 0. The first kappa shape index (κ1) is 45.3. The van der Waals surface area contributed by atoms with Gasteiger partial charge in [0.25, 0.3) is 0 Å². The Labute approximate surface area is 424 Å². The molecule has 342 valence electrons. The van der Waals surface area contributed by atoms with Crippen LogP contribution < -0.4 is 0 Å². The van der Waals surface area contributed by atoms with Crippen LogP contribution in [0.3, 0.4) is 0 Å². The predicted molar refractivity (Wildman–Crippen MR) is 310 cm³/mol. The maximum atomic E-state index is 2.35. The van der Waals surface area contributed by atoms with Crippen LogP contribution in [0.25, 0.3) is 69.1 Å². The standard InChI is InChI=1S/C72H54/c1-5-21-53(22-6-1)49-55-37-41-61(42-38-55)71(59-27-9-3-10-28-59)51-63-31-15-13-25-57(63)45-47-69-65-33-17-19-35-67(65)70(68-36-20-18-34-66(68)69)48-46-58-26-14-16-32-64(58)52-72(60-29-11-4-12-30-60)62-43-39-56(40-44-62)50-54-23-7-2-8-24-54/h1-48,51-52H,49-50H2. The van der Waals surface area contributed by atoms with E-state index in [1.54, 1.807) is 0 Å². The lowest BCUT2D eigenvalue weighted by molar-refractivity contribution is 1.19. The van der Waals surface area contributed by atoms with Gasteiger partial charge in [0.05, 0.1) is 0 Å². The van der Waals surface area contributed by atoms with Crippen LogP contribution in [-0.2, 0) is 12.8 Å². The van der Waals surface area contributed by atoms with Crippen LogP contribution in [0.5, 0.6) is 0 Å². The summed E-state index contributed by atoms with van der Waals surface area (Å²) in [5, 5.41) is 4.87. The van der Waals surface area contributed by atoms with Gasteiger partial charge in [-0.25, -0.2) is 0 Å². The molecule has 0 heteroatoms. The fraction of sp³-hybridized carbons (Fsp3) is 0.0278. The second-order valence-corrected chi connectivity index (χ2v) is 18.4. The molecule has 0 fully saturated rings. The summed E-state index contributed by atoms with van der Waals surface area (Å²) in [5.74, 6) is 0.